The lowest BCUT2D eigenvalue weighted by atomic mass is 10.1. The van der Waals surface area contributed by atoms with Crippen molar-refractivity contribution in [2.24, 2.45) is 5.73 Å². The van der Waals surface area contributed by atoms with Gasteiger partial charge < -0.3 is 15.8 Å². The third-order valence-electron chi connectivity index (χ3n) is 2.91. The Kier molecular flexibility index (Phi) is 5.40. The maximum absolute atomic E-state index is 11.9. The second-order valence-corrected chi connectivity index (χ2v) is 5.45. The number of hydrogen-bond donors (Lipinski definition) is 2. The fraction of sp³-hybridized carbons (Fsp3) is 0.500. The molecule has 102 valence electrons. The predicted octanol–water partition coefficient (Wildman–Crippen LogP) is 1.36. The summed E-state index contributed by atoms with van der Waals surface area (Å²) in [6.07, 6.45) is 3.49. The molecule has 4 nitrogen and oxygen atoms in total. The highest BCUT2D eigenvalue weighted by Crippen LogP contribution is 2.16. The maximum atomic E-state index is 11.9. The van der Waals surface area contributed by atoms with E-state index in [1.165, 1.54) is 17.8 Å². The summed E-state index contributed by atoms with van der Waals surface area (Å²) in [7, 11) is 0. The van der Waals surface area contributed by atoms with Crippen LogP contribution in [0.25, 0.3) is 0 Å². The lowest BCUT2D eigenvalue weighted by Crippen LogP contribution is -2.35. The number of carbonyl (C=O) groups is 1. The number of nitrogens with one attached hydrogen (secondary N) is 1. The molecule has 2 heterocycles. The smallest absolute Gasteiger partial charge is 0.261 e. The van der Waals surface area contributed by atoms with Crippen LogP contribution in [0.2, 0.25) is 0 Å². The van der Waals surface area contributed by atoms with Crippen LogP contribution in [0.4, 0.5) is 0 Å². The quantitative estimate of drug-likeness (QED) is 0.821. The molecule has 19 heavy (non-hydrogen) atoms. The van der Waals surface area contributed by atoms with Crippen molar-refractivity contribution in [3.63, 3.8) is 0 Å². The van der Waals surface area contributed by atoms with Crippen molar-refractivity contribution < 1.29 is 9.53 Å². The first-order valence-corrected chi connectivity index (χ1v) is 7.30. The zero-order chi connectivity index (χ0) is 13.5. The molecule has 0 saturated carbocycles. The summed E-state index contributed by atoms with van der Waals surface area (Å²) in [6.45, 7) is 1.72. The first-order chi connectivity index (χ1) is 9.29. The lowest BCUT2D eigenvalue weighted by molar-refractivity contribution is 0.0169. The molecule has 1 unspecified atom stereocenters. The summed E-state index contributed by atoms with van der Waals surface area (Å²) in [6, 6.07) is 3.64. The lowest BCUT2D eigenvalue weighted by Gasteiger charge is -2.22. The van der Waals surface area contributed by atoms with Gasteiger partial charge in [0, 0.05) is 13.2 Å². The van der Waals surface area contributed by atoms with Crippen molar-refractivity contribution in [3.05, 3.63) is 21.9 Å². The molecule has 0 aliphatic carbocycles. The molecule has 1 amide bonds. The van der Waals surface area contributed by atoms with Crippen molar-refractivity contribution in [3.8, 4) is 11.8 Å². The summed E-state index contributed by atoms with van der Waals surface area (Å²) in [5.74, 6) is 5.65. The third-order valence-corrected chi connectivity index (χ3v) is 3.91. The highest BCUT2D eigenvalue weighted by Gasteiger charge is 2.15. The molecule has 1 fully saturated rings. The zero-order valence-electron chi connectivity index (χ0n) is 10.8. The minimum atomic E-state index is -0.0556. The van der Waals surface area contributed by atoms with Gasteiger partial charge in [-0.25, -0.2) is 0 Å². The molecule has 1 aromatic heterocycles. The molecule has 1 aromatic rings. The summed E-state index contributed by atoms with van der Waals surface area (Å²) >= 11 is 1.39. The Bertz CT molecular complexity index is 481. The van der Waals surface area contributed by atoms with Gasteiger partial charge in [0.1, 0.15) is 0 Å². The van der Waals surface area contributed by atoms with Crippen molar-refractivity contribution >= 4 is 17.2 Å². The maximum Gasteiger partial charge on any atom is 0.261 e. The van der Waals surface area contributed by atoms with Gasteiger partial charge in [0.2, 0.25) is 0 Å². The first-order valence-electron chi connectivity index (χ1n) is 6.48. The van der Waals surface area contributed by atoms with Gasteiger partial charge in [-0.2, -0.15) is 0 Å². The van der Waals surface area contributed by atoms with Crippen LogP contribution in [0.3, 0.4) is 0 Å². The van der Waals surface area contributed by atoms with E-state index in [2.05, 4.69) is 17.2 Å². The fourth-order valence-corrected chi connectivity index (χ4v) is 2.72. The minimum Gasteiger partial charge on any atom is -0.376 e. The molecular formula is C14H18N2O2S. The first kappa shape index (κ1) is 14.1. The molecule has 0 aromatic carbocycles. The SMILES string of the molecule is NCC#Cc1ccc(C(=O)NCC2CCCCO2)s1. The summed E-state index contributed by atoms with van der Waals surface area (Å²) in [5, 5.41) is 2.91. The topological polar surface area (TPSA) is 64.4 Å². The Labute approximate surface area is 117 Å². The average molecular weight is 278 g/mol. The largest absolute Gasteiger partial charge is 0.376 e. The number of nitrogens with two attached hydrogens (primary N) is 1. The molecular weight excluding hydrogens is 260 g/mol. The van der Waals surface area contributed by atoms with Crippen molar-refractivity contribution in [1.29, 1.82) is 0 Å². The molecule has 1 aliphatic rings. The number of ether oxygens (including phenoxy) is 1. The molecule has 3 N–H and O–H groups in total. The monoisotopic (exact) mass is 278 g/mol. The van der Waals surface area contributed by atoms with Gasteiger partial charge in [0.05, 0.1) is 22.4 Å². The fourth-order valence-electron chi connectivity index (χ4n) is 1.93. The number of carbonyl (C=O) groups excluding carboxylic acids is 1. The molecule has 0 spiro atoms. The van der Waals surface area contributed by atoms with Crippen LogP contribution >= 0.6 is 11.3 Å². The van der Waals surface area contributed by atoms with Crippen LogP contribution in [0.1, 0.15) is 33.8 Å². The van der Waals surface area contributed by atoms with Gasteiger partial charge in [-0.1, -0.05) is 11.8 Å². The van der Waals surface area contributed by atoms with E-state index in [-0.39, 0.29) is 12.0 Å². The molecule has 1 saturated heterocycles. The minimum absolute atomic E-state index is 0.0556. The van der Waals surface area contributed by atoms with Crippen LogP contribution in [-0.2, 0) is 4.74 Å². The van der Waals surface area contributed by atoms with E-state index in [1.54, 1.807) is 6.07 Å². The van der Waals surface area contributed by atoms with E-state index < -0.39 is 0 Å². The van der Waals surface area contributed by atoms with Gasteiger partial charge in [-0.3, -0.25) is 4.79 Å². The Morgan fingerprint density at radius 2 is 2.42 bits per heavy atom. The number of rotatable bonds is 3. The Morgan fingerprint density at radius 3 is 3.16 bits per heavy atom. The van der Waals surface area contributed by atoms with Gasteiger partial charge in [0.25, 0.3) is 5.91 Å². The standard InChI is InChI=1S/C14H18N2O2S/c15-8-3-5-12-6-7-13(19-12)14(17)16-10-11-4-1-2-9-18-11/h6-7,11H,1-2,4,8-10,15H2,(H,16,17). The molecule has 5 heteroatoms. The third kappa shape index (κ3) is 4.35. The van der Waals surface area contributed by atoms with E-state index >= 15 is 0 Å². The number of amides is 1. The van der Waals surface area contributed by atoms with E-state index in [0.29, 0.717) is 18.0 Å². The molecule has 1 aliphatic heterocycles. The van der Waals surface area contributed by atoms with Crippen LogP contribution in [0.15, 0.2) is 12.1 Å². The number of hydrogen-bond acceptors (Lipinski definition) is 4. The van der Waals surface area contributed by atoms with Crippen molar-refractivity contribution in [1.82, 2.24) is 5.32 Å². The molecule has 0 radical (unpaired) electrons. The predicted molar refractivity (Wildman–Crippen MR) is 76.2 cm³/mol. The van der Waals surface area contributed by atoms with E-state index in [1.807, 2.05) is 6.07 Å². The summed E-state index contributed by atoms with van der Waals surface area (Å²) in [5.41, 5.74) is 5.31. The van der Waals surface area contributed by atoms with Crippen molar-refractivity contribution in [2.45, 2.75) is 25.4 Å². The Hall–Kier alpha value is -1.35. The van der Waals surface area contributed by atoms with Crippen molar-refractivity contribution in [2.75, 3.05) is 19.7 Å². The average Bonchev–Trinajstić information content (AvgIpc) is 2.92. The number of thiophene rings is 1. The molecule has 0 bridgehead atoms. The zero-order valence-corrected chi connectivity index (χ0v) is 11.6. The van der Waals surface area contributed by atoms with Crippen LogP contribution in [0, 0.1) is 11.8 Å². The molecule has 1 atom stereocenters. The van der Waals surface area contributed by atoms with E-state index in [4.69, 9.17) is 10.5 Å². The van der Waals surface area contributed by atoms with Crippen LogP contribution in [-0.4, -0.2) is 31.7 Å². The van der Waals surface area contributed by atoms with E-state index in [9.17, 15) is 4.79 Å². The highest BCUT2D eigenvalue weighted by molar-refractivity contribution is 7.14. The Balaban J connectivity index is 1.83. The highest BCUT2D eigenvalue weighted by atomic mass is 32.1. The van der Waals surface area contributed by atoms with Crippen LogP contribution < -0.4 is 11.1 Å². The summed E-state index contributed by atoms with van der Waals surface area (Å²) in [4.78, 5) is 13.5. The normalized spacial score (nSPS) is 18.5. The van der Waals surface area contributed by atoms with Crippen LogP contribution in [0.5, 0.6) is 0 Å². The van der Waals surface area contributed by atoms with E-state index in [0.717, 1.165) is 24.3 Å². The summed E-state index contributed by atoms with van der Waals surface area (Å²) < 4.78 is 5.57. The van der Waals surface area contributed by atoms with Gasteiger partial charge >= 0.3 is 0 Å². The molecule has 2 rings (SSSR count). The second-order valence-electron chi connectivity index (χ2n) is 4.37. The Morgan fingerprint density at radius 1 is 1.53 bits per heavy atom. The second kappa shape index (κ2) is 7.29. The van der Waals surface area contributed by atoms with Gasteiger partial charge in [-0.15, -0.1) is 11.3 Å². The van der Waals surface area contributed by atoms with Gasteiger partial charge in [0.15, 0.2) is 0 Å². The van der Waals surface area contributed by atoms with Gasteiger partial charge in [-0.05, 0) is 31.4 Å².